The number of amides is 2. The maximum absolute atomic E-state index is 12.3. The van der Waals surface area contributed by atoms with Crippen LogP contribution in [0.3, 0.4) is 0 Å². The van der Waals surface area contributed by atoms with Crippen molar-refractivity contribution in [1.82, 2.24) is 5.01 Å². The number of carbonyl (C=O) groups is 2. The Hall–Kier alpha value is -3.75. The Morgan fingerprint density at radius 1 is 1.10 bits per heavy atom. The topological polar surface area (TPSA) is 98.7 Å². The first-order valence-electron chi connectivity index (χ1n) is 9.67. The molecule has 2 amide bonds. The Labute approximate surface area is 180 Å². The number of rotatable bonds is 7. The maximum Gasteiger partial charge on any atom is 0.243 e. The number of methoxy groups -OCH3 is 3. The van der Waals surface area contributed by atoms with Crippen molar-refractivity contribution in [3.63, 3.8) is 0 Å². The van der Waals surface area contributed by atoms with E-state index in [4.69, 9.17) is 18.9 Å². The van der Waals surface area contributed by atoms with Gasteiger partial charge in [0.05, 0.1) is 21.3 Å². The molecule has 0 bridgehead atoms. The predicted octanol–water partition coefficient (Wildman–Crippen LogP) is 3.30. The summed E-state index contributed by atoms with van der Waals surface area (Å²) in [6.45, 7) is 3.18. The van der Waals surface area contributed by atoms with Crippen LogP contribution >= 0.6 is 0 Å². The van der Waals surface area contributed by atoms with Crippen LogP contribution in [0.15, 0.2) is 41.5 Å². The second-order valence-electron chi connectivity index (χ2n) is 6.68. The van der Waals surface area contributed by atoms with Gasteiger partial charge in [0, 0.05) is 30.2 Å². The van der Waals surface area contributed by atoms with Crippen LogP contribution in [0.4, 0.5) is 5.69 Å². The summed E-state index contributed by atoms with van der Waals surface area (Å²) >= 11 is 0. The lowest BCUT2D eigenvalue weighted by Gasteiger charge is -2.21. The molecule has 0 radical (unpaired) electrons. The van der Waals surface area contributed by atoms with Crippen molar-refractivity contribution in [1.29, 1.82) is 0 Å². The molecule has 1 unspecified atom stereocenters. The predicted molar refractivity (Wildman–Crippen MR) is 114 cm³/mol. The number of nitrogens with zero attached hydrogens (tertiary/aromatic N) is 2. The van der Waals surface area contributed by atoms with E-state index < -0.39 is 6.23 Å². The fourth-order valence-corrected chi connectivity index (χ4v) is 3.12. The van der Waals surface area contributed by atoms with Crippen molar-refractivity contribution in [2.75, 3.05) is 26.6 Å². The summed E-state index contributed by atoms with van der Waals surface area (Å²) < 4.78 is 22.2. The monoisotopic (exact) mass is 427 g/mol. The Balaban J connectivity index is 1.97. The summed E-state index contributed by atoms with van der Waals surface area (Å²) in [5, 5.41) is 8.40. The molecule has 1 heterocycles. The molecular weight excluding hydrogens is 402 g/mol. The minimum atomic E-state index is -0.824. The summed E-state index contributed by atoms with van der Waals surface area (Å²) in [5.41, 5.74) is 1.83. The number of anilines is 1. The minimum absolute atomic E-state index is 0.105. The maximum atomic E-state index is 12.3. The van der Waals surface area contributed by atoms with E-state index in [2.05, 4.69) is 10.4 Å². The standard InChI is InChI=1S/C22H25N3O6/c1-6-19(27)23-16-9-7-8-14(10-16)21-24-25(13(2)26)22(31-21)15-11-17(28-3)20(30-5)18(12-15)29-4/h7-12,22H,6H2,1-5H3,(H,23,27). The first-order chi connectivity index (χ1) is 14.9. The van der Waals surface area contributed by atoms with Gasteiger partial charge in [0.2, 0.25) is 29.7 Å². The molecule has 9 nitrogen and oxygen atoms in total. The molecule has 0 aliphatic carbocycles. The first kappa shape index (κ1) is 21.9. The van der Waals surface area contributed by atoms with E-state index in [1.807, 2.05) is 0 Å². The highest BCUT2D eigenvalue weighted by Gasteiger charge is 2.34. The molecule has 3 rings (SSSR count). The van der Waals surface area contributed by atoms with Gasteiger partial charge in [-0.15, -0.1) is 5.10 Å². The molecule has 164 valence electrons. The third kappa shape index (κ3) is 4.55. The summed E-state index contributed by atoms with van der Waals surface area (Å²) in [5.74, 6) is 1.14. The van der Waals surface area contributed by atoms with E-state index in [9.17, 15) is 9.59 Å². The molecule has 1 atom stereocenters. The second kappa shape index (κ2) is 9.38. The normalized spacial score (nSPS) is 15.1. The number of ether oxygens (including phenoxy) is 4. The van der Waals surface area contributed by atoms with Gasteiger partial charge in [0.1, 0.15) is 0 Å². The summed E-state index contributed by atoms with van der Waals surface area (Å²) in [6.07, 6.45) is -0.460. The Bertz CT molecular complexity index is 995. The second-order valence-corrected chi connectivity index (χ2v) is 6.68. The van der Waals surface area contributed by atoms with Gasteiger partial charge in [-0.3, -0.25) is 9.59 Å². The van der Waals surface area contributed by atoms with E-state index in [-0.39, 0.29) is 17.7 Å². The van der Waals surface area contributed by atoms with Crippen molar-refractivity contribution in [2.24, 2.45) is 5.10 Å². The smallest absolute Gasteiger partial charge is 0.243 e. The molecule has 0 spiro atoms. The highest BCUT2D eigenvalue weighted by Crippen LogP contribution is 2.42. The van der Waals surface area contributed by atoms with Crippen molar-refractivity contribution in [3.8, 4) is 17.2 Å². The van der Waals surface area contributed by atoms with E-state index >= 15 is 0 Å². The number of carbonyl (C=O) groups excluding carboxylic acids is 2. The van der Waals surface area contributed by atoms with Gasteiger partial charge < -0.3 is 24.3 Å². The third-order valence-corrected chi connectivity index (χ3v) is 4.65. The molecule has 1 N–H and O–H groups in total. The van der Waals surface area contributed by atoms with Crippen LogP contribution in [0.5, 0.6) is 17.2 Å². The van der Waals surface area contributed by atoms with Gasteiger partial charge in [-0.05, 0) is 30.3 Å². The summed E-state index contributed by atoms with van der Waals surface area (Å²) in [6, 6.07) is 10.5. The molecule has 31 heavy (non-hydrogen) atoms. The molecule has 1 aliphatic rings. The van der Waals surface area contributed by atoms with E-state index in [1.165, 1.54) is 33.3 Å². The van der Waals surface area contributed by atoms with Crippen molar-refractivity contribution in [2.45, 2.75) is 26.5 Å². The molecule has 0 aromatic heterocycles. The highest BCUT2D eigenvalue weighted by atomic mass is 16.5. The van der Waals surface area contributed by atoms with Gasteiger partial charge in [-0.25, -0.2) is 0 Å². The number of benzene rings is 2. The number of hydrogen-bond donors (Lipinski definition) is 1. The number of nitrogens with one attached hydrogen (secondary N) is 1. The SMILES string of the molecule is CCC(=O)Nc1cccc(C2=NN(C(C)=O)C(c3cc(OC)c(OC)c(OC)c3)O2)c1. The quantitative estimate of drug-likeness (QED) is 0.728. The lowest BCUT2D eigenvalue weighted by Crippen LogP contribution is -2.25. The molecule has 0 fully saturated rings. The molecule has 0 saturated heterocycles. The lowest BCUT2D eigenvalue weighted by molar-refractivity contribution is -0.135. The van der Waals surface area contributed by atoms with Crippen LogP contribution in [0, 0.1) is 0 Å². The average molecular weight is 427 g/mol. The molecule has 9 heteroatoms. The van der Waals surface area contributed by atoms with E-state index in [1.54, 1.807) is 43.3 Å². The van der Waals surface area contributed by atoms with Crippen LogP contribution in [0.1, 0.15) is 37.6 Å². The van der Waals surface area contributed by atoms with Crippen LogP contribution < -0.4 is 19.5 Å². The van der Waals surface area contributed by atoms with Gasteiger partial charge in [0.25, 0.3) is 0 Å². The Morgan fingerprint density at radius 2 is 1.77 bits per heavy atom. The number of hydrazone groups is 1. The van der Waals surface area contributed by atoms with Gasteiger partial charge >= 0.3 is 0 Å². The van der Waals surface area contributed by atoms with Crippen LogP contribution in [0.2, 0.25) is 0 Å². The number of hydrogen-bond acceptors (Lipinski definition) is 7. The van der Waals surface area contributed by atoms with Gasteiger partial charge in [0.15, 0.2) is 11.5 Å². The van der Waals surface area contributed by atoms with Crippen molar-refractivity contribution >= 4 is 23.4 Å². The summed E-state index contributed by atoms with van der Waals surface area (Å²) in [7, 11) is 4.54. The van der Waals surface area contributed by atoms with E-state index in [0.717, 1.165) is 0 Å². The highest BCUT2D eigenvalue weighted by molar-refractivity contribution is 5.98. The lowest BCUT2D eigenvalue weighted by atomic mass is 10.1. The molecule has 2 aromatic rings. The van der Waals surface area contributed by atoms with Crippen LogP contribution in [-0.4, -0.2) is 44.1 Å². The summed E-state index contributed by atoms with van der Waals surface area (Å²) in [4.78, 5) is 24.0. The first-order valence-corrected chi connectivity index (χ1v) is 9.67. The molecular formula is C22H25N3O6. The van der Waals surface area contributed by atoms with Crippen molar-refractivity contribution in [3.05, 3.63) is 47.5 Å². The largest absolute Gasteiger partial charge is 0.493 e. The van der Waals surface area contributed by atoms with Gasteiger partial charge in [-0.1, -0.05) is 13.0 Å². The fraction of sp³-hybridized carbons (Fsp3) is 0.318. The zero-order valence-electron chi connectivity index (χ0n) is 18.1. The fourth-order valence-electron chi connectivity index (χ4n) is 3.12. The van der Waals surface area contributed by atoms with Crippen molar-refractivity contribution < 1.29 is 28.5 Å². The van der Waals surface area contributed by atoms with E-state index in [0.29, 0.717) is 40.5 Å². The molecule has 1 aliphatic heterocycles. The van der Waals surface area contributed by atoms with Gasteiger partial charge in [-0.2, -0.15) is 5.01 Å². The Morgan fingerprint density at radius 3 is 2.32 bits per heavy atom. The third-order valence-electron chi connectivity index (χ3n) is 4.65. The Kier molecular flexibility index (Phi) is 6.64. The van der Waals surface area contributed by atoms with Crippen LogP contribution in [-0.2, 0) is 14.3 Å². The zero-order valence-corrected chi connectivity index (χ0v) is 18.1. The average Bonchev–Trinajstić information content (AvgIpc) is 3.24. The molecule has 2 aromatic carbocycles. The minimum Gasteiger partial charge on any atom is -0.493 e. The molecule has 0 saturated carbocycles. The van der Waals surface area contributed by atoms with Crippen LogP contribution in [0.25, 0.3) is 0 Å². The zero-order chi connectivity index (χ0) is 22.5.